The van der Waals surface area contributed by atoms with Crippen molar-refractivity contribution in [2.45, 2.75) is 13.8 Å². The number of hydrogen-bond donors (Lipinski definition) is 0. The van der Waals surface area contributed by atoms with Gasteiger partial charge in [0, 0.05) is 11.5 Å². The predicted octanol–water partition coefficient (Wildman–Crippen LogP) is 5.35. The molecular formula is C22H17FNO+. The van der Waals surface area contributed by atoms with Crippen LogP contribution in [0.3, 0.4) is 0 Å². The van der Waals surface area contributed by atoms with Crippen molar-refractivity contribution in [1.82, 2.24) is 0 Å². The van der Waals surface area contributed by atoms with E-state index < -0.39 is 0 Å². The molecule has 3 aromatic carbocycles. The van der Waals surface area contributed by atoms with Gasteiger partial charge in [-0.05, 0) is 42.5 Å². The molecule has 2 heterocycles. The van der Waals surface area contributed by atoms with Gasteiger partial charge in [-0.3, -0.25) is 0 Å². The summed E-state index contributed by atoms with van der Waals surface area (Å²) >= 11 is 0. The number of rotatable bonds is 0. The SMILES string of the molecule is Cc1cc2cccc3c2c(c1C)-c1c(c(F)c2ccccc2[n+]1C)O3. The van der Waals surface area contributed by atoms with E-state index >= 15 is 4.39 Å². The lowest BCUT2D eigenvalue weighted by molar-refractivity contribution is -0.634. The Balaban J connectivity index is 2.07. The number of aromatic nitrogens is 1. The summed E-state index contributed by atoms with van der Waals surface area (Å²) in [5, 5.41) is 2.75. The Morgan fingerprint density at radius 1 is 1.00 bits per heavy atom. The van der Waals surface area contributed by atoms with Crippen molar-refractivity contribution in [3.05, 3.63) is 65.5 Å². The molecule has 0 amide bonds. The zero-order valence-corrected chi connectivity index (χ0v) is 14.4. The monoisotopic (exact) mass is 330 g/mol. The Morgan fingerprint density at radius 2 is 1.80 bits per heavy atom. The number of nitrogens with zero attached hydrogens (tertiary/aromatic N) is 1. The lowest BCUT2D eigenvalue weighted by Crippen LogP contribution is -2.34. The first-order chi connectivity index (χ1) is 12.1. The molecule has 3 heteroatoms. The summed E-state index contributed by atoms with van der Waals surface area (Å²) in [7, 11) is 1.98. The fraction of sp³-hybridized carbons (Fsp3) is 0.136. The summed E-state index contributed by atoms with van der Waals surface area (Å²) in [5.41, 5.74) is 5.09. The standard InChI is InChI=1S/C22H17FNO/c1-12-11-14-7-6-10-17-19(14)18(13(12)2)21-22(25-17)20(23)15-8-4-5-9-16(15)24(21)3/h4-11H,1-3H3/q+1. The molecule has 1 aliphatic rings. The van der Waals surface area contributed by atoms with Crippen molar-refractivity contribution in [1.29, 1.82) is 0 Å². The number of ether oxygens (including phenoxy) is 1. The number of halogens is 1. The average Bonchev–Trinajstić information content (AvgIpc) is 2.63. The quantitative estimate of drug-likeness (QED) is 0.349. The average molecular weight is 330 g/mol. The van der Waals surface area contributed by atoms with Gasteiger partial charge < -0.3 is 4.74 Å². The second-order valence-electron chi connectivity index (χ2n) is 6.72. The molecular weight excluding hydrogens is 313 g/mol. The van der Waals surface area contributed by atoms with Gasteiger partial charge in [0.1, 0.15) is 12.8 Å². The summed E-state index contributed by atoms with van der Waals surface area (Å²) in [4.78, 5) is 0. The van der Waals surface area contributed by atoms with Crippen LogP contribution < -0.4 is 9.30 Å². The van der Waals surface area contributed by atoms with Crippen molar-refractivity contribution in [3.63, 3.8) is 0 Å². The Labute approximate surface area is 145 Å². The minimum absolute atomic E-state index is 0.299. The second-order valence-corrected chi connectivity index (χ2v) is 6.72. The molecule has 0 radical (unpaired) electrons. The van der Waals surface area contributed by atoms with Crippen LogP contribution in [0.25, 0.3) is 32.9 Å². The van der Waals surface area contributed by atoms with Crippen LogP contribution in [0.1, 0.15) is 11.1 Å². The van der Waals surface area contributed by atoms with Crippen LogP contribution in [0.15, 0.2) is 48.5 Å². The van der Waals surface area contributed by atoms with Crippen molar-refractivity contribution in [2.24, 2.45) is 7.05 Å². The van der Waals surface area contributed by atoms with Crippen LogP contribution in [0.2, 0.25) is 0 Å². The first kappa shape index (κ1) is 14.4. The Hall–Kier alpha value is -2.94. The summed E-state index contributed by atoms with van der Waals surface area (Å²) in [5.74, 6) is 0.736. The van der Waals surface area contributed by atoms with E-state index in [0.29, 0.717) is 11.1 Å². The topological polar surface area (TPSA) is 13.1 Å². The van der Waals surface area contributed by atoms with E-state index in [4.69, 9.17) is 4.74 Å². The van der Waals surface area contributed by atoms with Crippen molar-refractivity contribution in [3.8, 4) is 22.8 Å². The molecule has 5 rings (SSSR count). The Morgan fingerprint density at radius 3 is 2.64 bits per heavy atom. The molecule has 1 aliphatic heterocycles. The smallest absolute Gasteiger partial charge is 0.260 e. The molecule has 25 heavy (non-hydrogen) atoms. The highest BCUT2D eigenvalue weighted by atomic mass is 19.1. The van der Waals surface area contributed by atoms with Crippen LogP contribution in [0, 0.1) is 19.7 Å². The highest BCUT2D eigenvalue weighted by Gasteiger charge is 2.34. The molecule has 0 unspecified atom stereocenters. The van der Waals surface area contributed by atoms with Crippen LogP contribution >= 0.6 is 0 Å². The molecule has 122 valence electrons. The lowest BCUT2D eigenvalue weighted by atomic mass is 9.90. The second kappa shape index (κ2) is 4.79. The van der Waals surface area contributed by atoms with Crippen LogP contribution in [0.5, 0.6) is 11.5 Å². The van der Waals surface area contributed by atoms with Gasteiger partial charge in [0.05, 0.1) is 10.9 Å². The van der Waals surface area contributed by atoms with Crippen LogP contribution in [-0.2, 0) is 7.05 Å². The first-order valence-corrected chi connectivity index (χ1v) is 8.39. The summed E-state index contributed by atoms with van der Waals surface area (Å²) in [6.45, 7) is 4.20. The van der Waals surface area contributed by atoms with E-state index in [2.05, 4.69) is 26.0 Å². The molecule has 0 saturated heterocycles. The minimum atomic E-state index is -0.299. The molecule has 0 aliphatic carbocycles. The molecule has 2 nitrogen and oxygen atoms in total. The first-order valence-electron chi connectivity index (χ1n) is 8.39. The fourth-order valence-corrected chi connectivity index (χ4v) is 3.98. The number of hydrogen-bond acceptors (Lipinski definition) is 1. The van der Waals surface area contributed by atoms with Gasteiger partial charge in [0.25, 0.3) is 5.69 Å². The van der Waals surface area contributed by atoms with Crippen molar-refractivity contribution >= 4 is 21.7 Å². The largest absolute Gasteiger partial charge is 0.447 e. The number of fused-ring (bicyclic) bond motifs is 3. The third-order valence-electron chi connectivity index (χ3n) is 5.35. The molecule has 0 fully saturated rings. The van der Waals surface area contributed by atoms with E-state index in [1.54, 1.807) is 6.07 Å². The number of aryl methyl sites for hydroxylation is 2. The lowest BCUT2D eigenvalue weighted by Gasteiger charge is -2.22. The van der Waals surface area contributed by atoms with Crippen molar-refractivity contribution in [2.75, 3.05) is 0 Å². The highest BCUT2D eigenvalue weighted by molar-refractivity contribution is 6.05. The van der Waals surface area contributed by atoms with Gasteiger partial charge in [0.2, 0.25) is 11.3 Å². The molecule has 0 atom stereocenters. The zero-order valence-electron chi connectivity index (χ0n) is 14.4. The highest BCUT2D eigenvalue weighted by Crippen LogP contribution is 2.48. The van der Waals surface area contributed by atoms with Crippen LogP contribution in [0.4, 0.5) is 4.39 Å². The molecule has 1 aromatic heterocycles. The van der Waals surface area contributed by atoms with Gasteiger partial charge in [-0.2, -0.15) is 4.57 Å². The Kier molecular flexibility index (Phi) is 2.76. The predicted molar refractivity (Wildman–Crippen MR) is 97.6 cm³/mol. The third-order valence-corrected chi connectivity index (χ3v) is 5.35. The van der Waals surface area contributed by atoms with Gasteiger partial charge in [-0.15, -0.1) is 0 Å². The van der Waals surface area contributed by atoms with Gasteiger partial charge in [-0.25, -0.2) is 4.39 Å². The summed E-state index contributed by atoms with van der Waals surface area (Å²) < 4.78 is 23.4. The maximum atomic E-state index is 15.3. The molecule has 4 aromatic rings. The number of pyridine rings is 1. The number of para-hydroxylation sites is 1. The van der Waals surface area contributed by atoms with E-state index in [1.165, 1.54) is 5.56 Å². The van der Waals surface area contributed by atoms with Gasteiger partial charge in [0.15, 0.2) is 5.82 Å². The maximum Gasteiger partial charge on any atom is 0.260 e. The van der Waals surface area contributed by atoms with Crippen LogP contribution in [-0.4, -0.2) is 0 Å². The molecule has 0 spiro atoms. The Bertz CT molecular complexity index is 1210. The van der Waals surface area contributed by atoms with E-state index in [-0.39, 0.29) is 5.82 Å². The fourth-order valence-electron chi connectivity index (χ4n) is 3.98. The molecule has 0 N–H and O–H groups in total. The maximum absolute atomic E-state index is 15.3. The third kappa shape index (κ3) is 1.75. The molecule has 0 bridgehead atoms. The normalized spacial score (nSPS) is 12.3. The summed E-state index contributed by atoms with van der Waals surface area (Å²) in [6.07, 6.45) is 0. The molecule has 0 saturated carbocycles. The van der Waals surface area contributed by atoms with E-state index in [0.717, 1.165) is 38.9 Å². The zero-order chi connectivity index (χ0) is 17.3. The minimum Gasteiger partial charge on any atom is -0.447 e. The van der Waals surface area contributed by atoms with Gasteiger partial charge >= 0.3 is 0 Å². The van der Waals surface area contributed by atoms with E-state index in [1.807, 2.05) is 41.9 Å². The van der Waals surface area contributed by atoms with E-state index in [9.17, 15) is 0 Å². The van der Waals surface area contributed by atoms with Gasteiger partial charge in [-0.1, -0.05) is 30.3 Å². The summed E-state index contributed by atoms with van der Waals surface area (Å²) in [6, 6.07) is 15.7. The van der Waals surface area contributed by atoms with Crippen molar-refractivity contribution < 1.29 is 13.7 Å². The number of benzene rings is 3.